The van der Waals surface area contributed by atoms with Gasteiger partial charge >= 0.3 is 0 Å². The molecule has 1 amide bonds. The minimum absolute atomic E-state index is 0.202. The predicted molar refractivity (Wildman–Crippen MR) is 146 cm³/mol. The Bertz CT molecular complexity index is 1540. The van der Waals surface area contributed by atoms with Crippen molar-refractivity contribution in [2.24, 2.45) is 10.8 Å². The molecule has 0 spiro atoms. The number of nitrogens with zero attached hydrogens (tertiary/aromatic N) is 3. The normalized spacial score (nSPS) is 11.4. The highest BCUT2D eigenvalue weighted by atomic mass is 16.5. The molecule has 4 aromatic rings. The average Bonchev–Trinajstić information content (AvgIpc) is 2.87. The lowest BCUT2D eigenvalue weighted by Crippen LogP contribution is -2.21. The van der Waals surface area contributed by atoms with Crippen LogP contribution in [-0.4, -0.2) is 35.0 Å². The highest BCUT2D eigenvalue weighted by Gasteiger charge is 2.18. The van der Waals surface area contributed by atoms with Crippen molar-refractivity contribution in [3.05, 3.63) is 87.7 Å². The third kappa shape index (κ3) is 5.69. The van der Waals surface area contributed by atoms with Crippen LogP contribution in [0.2, 0.25) is 0 Å². The zero-order valence-corrected chi connectivity index (χ0v) is 21.4. The fraction of sp³-hybridized carbons (Fsp3) is 0.241. The number of aromatic nitrogens is 2. The second kappa shape index (κ2) is 11.1. The van der Waals surface area contributed by atoms with Gasteiger partial charge in [-0.2, -0.15) is 9.78 Å². The van der Waals surface area contributed by atoms with E-state index in [2.05, 4.69) is 18.9 Å². The van der Waals surface area contributed by atoms with Gasteiger partial charge in [-0.15, -0.1) is 0 Å². The second-order valence-corrected chi connectivity index (χ2v) is 8.93. The Morgan fingerprint density at radius 3 is 2.62 bits per heavy atom. The van der Waals surface area contributed by atoms with Gasteiger partial charge in [0, 0.05) is 5.56 Å². The summed E-state index contributed by atoms with van der Waals surface area (Å²) in [6, 6.07) is 18.3. The lowest BCUT2D eigenvalue weighted by Gasteiger charge is -2.18. The van der Waals surface area contributed by atoms with Gasteiger partial charge in [0.15, 0.2) is 12.4 Å². The van der Waals surface area contributed by atoms with Crippen LogP contribution in [0.3, 0.4) is 0 Å². The van der Waals surface area contributed by atoms with Crippen LogP contribution >= 0.6 is 0 Å². The number of para-hydroxylation sites is 1. The molecule has 0 saturated carbocycles. The molecule has 0 saturated heterocycles. The van der Waals surface area contributed by atoms with Gasteiger partial charge in [0.25, 0.3) is 11.5 Å². The topological polar surface area (TPSA) is 109 Å². The van der Waals surface area contributed by atoms with E-state index in [-0.39, 0.29) is 18.1 Å². The standard InChI is InChI=1S/C29H30N4O4/c1-5-36-26-13-19(4)24(15-23(26)18(2)3)28-32-25-12-7-6-11-22(25)29(35)33(28)31-16-20-9-8-10-21(14-20)37-17-27(30)34/h6-16,18H,5,17H2,1-4H3,(H2,30,34). The number of amides is 1. The van der Waals surface area contributed by atoms with E-state index in [9.17, 15) is 9.59 Å². The lowest BCUT2D eigenvalue weighted by atomic mass is 9.96. The monoisotopic (exact) mass is 498 g/mol. The Morgan fingerprint density at radius 1 is 1.11 bits per heavy atom. The summed E-state index contributed by atoms with van der Waals surface area (Å²) in [5.74, 6) is 1.36. The van der Waals surface area contributed by atoms with Crippen LogP contribution < -0.4 is 20.8 Å². The number of fused-ring (bicyclic) bond motifs is 1. The van der Waals surface area contributed by atoms with Crippen molar-refractivity contribution in [1.29, 1.82) is 0 Å². The van der Waals surface area contributed by atoms with Crippen molar-refractivity contribution in [3.63, 3.8) is 0 Å². The lowest BCUT2D eigenvalue weighted by molar-refractivity contribution is -0.119. The zero-order valence-electron chi connectivity index (χ0n) is 21.4. The summed E-state index contributed by atoms with van der Waals surface area (Å²) in [5.41, 5.74) is 8.91. The van der Waals surface area contributed by atoms with Crippen LogP contribution in [0.5, 0.6) is 11.5 Å². The average molecular weight is 499 g/mol. The number of rotatable bonds is 9. The van der Waals surface area contributed by atoms with Crippen molar-refractivity contribution in [1.82, 2.24) is 9.66 Å². The minimum Gasteiger partial charge on any atom is -0.494 e. The molecule has 0 radical (unpaired) electrons. The molecule has 1 aromatic heterocycles. The molecular weight excluding hydrogens is 468 g/mol. The molecule has 8 nitrogen and oxygen atoms in total. The molecule has 1 heterocycles. The first-order valence-electron chi connectivity index (χ1n) is 12.1. The van der Waals surface area contributed by atoms with E-state index in [0.717, 1.165) is 22.4 Å². The summed E-state index contributed by atoms with van der Waals surface area (Å²) in [6.07, 6.45) is 1.56. The number of carbonyl (C=O) groups is 1. The number of ether oxygens (including phenoxy) is 2. The first-order valence-corrected chi connectivity index (χ1v) is 12.1. The van der Waals surface area contributed by atoms with E-state index in [1.54, 1.807) is 36.5 Å². The van der Waals surface area contributed by atoms with Crippen LogP contribution in [0, 0.1) is 6.92 Å². The van der Waals surface area contributed by atoms with Gasteiger partial charge < -0.3 is 15.2 Å². The Morgan fingerprint density at radius 2 is 1.89 bits per heavy atom. The van der Waals surface area contributed by atoms with Gasteiger partial charge in [0.05, 0.1) is 23.7 Å². The summed E-state index contributed by atoms with van der Waals surface area (Å²) in [7, 11) is 0. The maximum atomic E-state index is 13.6. The van der Waals surface area contributed by atoms with E-state index < -0.39 is 5.91 Å². The maximum absolute atomic E-state index is 13.6. The Kier molecular flexibility index (Phi) is 7.67. The molecule has 0 aliphatic carbocycles. The van der Waals surface area contributed by atoms with Crippen molar-refractivity contribution < 1.29 is 14.3 Å². The molecule has 8 heteroatoms. The van der Waals surface area contributed by atoms with Crippen LogP contribution in [-0.2, 0) is 4.79 Å². The number of carbonyl (C=O) groups excluding carboxylic acids is 1. The molecule has 0 unspecified atom stereocenters. The molecule has 3 aromatic carbocycles. The number of hydrogen-bond acceptors (Lipinski definition) is 6. The van der Waals surface area contributed by atoms with Crippen molar-refractivity contribution >= 4 is 23.0 Å². The van der Waals surface area contributed by atoms with E-state index in [1.165, 1.54) is 4.68 Å². The molecular formula is C29H30N4O4. The molecule has 0 atom stereocenters. The summed E-state index contributed by atoms with van der Waals surface area (Å²) in [4.78, 5) is 29.5. The fourth-order valence-corrected chi connectivity index (χ4v) is 4.04. The molecule has 0 bridgehead atoms. The van der Waals surface area contributed by atoms with E-state index in [0.29, 0.717) is 34.6 Å². The Hall–Kier alpha value is -4.46. The molecule has 0 aliphatic rings. The summed E-state index contributed by atoms with van der Waals surface area (Å²) in [5, 5.41) is 5.02. The number of primary amides is 1. The fourth-order valence-electron chi connectivity index (χ4n) is 4.04. The maximum Gasteiger partial charge on any atom is 0.282 e. The van der Waals surface area contributed by atoms with E-state index in [1.807, 2.05) is 44.2 Å². The van der Waals surface area contributed by atoms with Crippen LogP contribution in [0.1, 0.15) is 43.4 Å². The smallest absolute Gasteiger partial charge is 0.282 e. The van der Waals surface area contributed by atoms with Gasteiger partial charge in [-0.1, -0.05) is 38.1 Å². The van der Waals surface area contributed by atoms with Crippen molar-refractivity contribution in [3.8, 4) is 22.9 Å². The van der Waals surface area contributed by atoms with Gasteiger partial charge in [0.1, 0.15) is 11.5 Å². The highest BCUT2D eigenvalue weighted by Crippen LogP contribution is 2.34. The minimum atomic E-state index is -0.566. The SMILES string of the molecule is CCOc1cc(C)c(-c2nc3ccccc3c(=O)n2N=Cc2cccc(OCC(N)=O)c2)cc1C(C)C. The van der Waals surface area contributed by atoms with Crippen LogP contribution in [0.25, 0.3) is 22.3 Å². The number of aryl methyl sites for hydroxylation is 1. The second-order valence-electron chi connectivity index (χ2n) is 8.93. The first-order chi connectivity index (χ1) is 17.8. The first kappa shape index (κ1) is 25.6. The van der Waals surface area contributed by atoms with E-state index >= 15 is 0 Å². The highest BCUT2D eigenvalue weighted by molar-refractivity contribution is 5.83. The number of nitrogens with two attached hydrogens (primary N) is 1. The van der Waals surface area contributed by atoms with Gasteiger partial charge in [0.2, 0.25) is 0 Å². The van der Waals surface area contributed by atoms with Crippen molar-refractivity contribution in [2.45, 2.75) is 33.6 Å². The molecule has 0 aliphatic heterocycles. The zero-order chi connectivity index (χ0) is 26.5. The van der Waals surface area contributed by atoms with Gasteiger partial charge in [-0.05, 0) is 72.9 Å². The largest absolute Gasteiger partial charge is 0.494 e. The van der Waals surface area contributed by atoms with Crippen LogP contribution in [0.4, 0.5) is 0 Å². The Labute approximate surface area is 215 Å². The predicted octanol–water partition coefficient (Wildman–Crippen LogP) is 4.64. The molecule has 37 heavy (non-hydrogen) atoms. The Balaban J connectivity index is 1.88. The number of benzene rings is 3. The van der Waals surface area contributed by atoms with Gasteiger partial charge in [-0.3, -0.25) is 9.59 Å². The summed E-state index contributed by atoms with van der Waals surface area (Å²) in [6.45, 7) is 8.46. The molecule has 2 N–H and O–H groups in total. The summed E-state index contributed by atoms with van der Waals surface area (Å²) < 4.78 is 12.6. The number of hydrogen-bond donors (Lipinski definition) is 1. The quantitative estimate of drug-likeness (QED) is 0.338. The third-order valence-corrected chi connectivity index (χ3v) is 5.83. The third-order valence-electron chi connectivity index (χ3n) is 5.83. The molecule has 0 fully saturated rings. The van der Waals surface area contributed by atoms with Crippen molar-refractivity contribution in [2.75, 3.05) is 13.2 Å². The molecule has 190 valence electrons. The summed E-state index contributed by atoms with van der Waals surface area (Å²) >= 11 is 0. The van der Waals surface area contributed by atoms with E-state index in [4.69, 9.17) is 20.2 Å². The van der Waals surface area contributed by atoms with Gasteiger partial charge in [-0.25, -0.2) is 4.98 Å². The van der Waals surface area contributed by atoms with Crippen LogP contribution in [0.15, 0.2) is 70.6 Å². The molecule has 4 rings (SSSR count).